The molecule has 2 atom stereocenters. The number of hydrogen-bond acceptors (Lipinski definition) is 4. The Morgan fingerprint density at radius 1 is 0.902 bits per heavy atom. The maximum Gasteiger partial charge on any atom is 0.264 e. The van der Waals surface area contributed by atoms with E-state index in [2.05, 4.69) is 19.2 Å². The van der Waals surface area contributed by atoms with Crippen molar-refractivity contribution < 1.29 is 18.0 Å². The summed E-state index contributed by atoms with van der Waals surface area (Å²) >= 11 is 6.43. The Labute approximate surface area is 249 Å². The minimum absolute atomic E-state index is 0.0400. The zero-order chi connectivity index (χ0) is 30.3. The second-order valence-corrected chi connectivity index (χ2v) is 12.9. The van der Waals surface area contributed by atoms with Gasteiger partial charge in [0.25, 0.3) is 10.0 Å². The summed E-state index contributed by atoms with van der Waals surface area (Å²) in [6.07, 6.45) is 0.728. The van der Waals surface area contributed by atoms with Crippen LogP contribution in [-0.4, -0.2) is 43.8 Å². The molecule has 0 aliphatic heterocycles. The van der Waals surface area contributed by atoms with Crippen LogP contribution in [0.25, 0.3) is 0 Å². The predicted octanol–water partition coefficient (Wildman–Crippen LogP) is 6.30. The molecule has 0 bridgehead atoms. The molecule has 9 heteroatoms. The first kappa shape index (κ1) is 32.2. The van der Waals surface area contributed by atoms with Gasteiger partial charge in [-0.15, -0.1) is 0 Å². The summed E-state index contributed by atoms with van der Waals surface area (Å²) in [5.74, 6) is -0.599. The van der Waals surface area contributed by atoms with E-state index in [1.165, 1.54) is 17.0 Å². The van der Waals surface area contributed by atoms with Crippen LogP contribution in [0.2, 0.25) is 5.02 Å². The van der Waals surface area contributed by atoms with Crippen LogP contribution in [0, 0.1) is 6.92 Å². The van der Waals surface area contributed by atoms with E-state index in [1.54, 1.807) is 55.5 Å². The first-order chi connectivity index (χ1) is 19.3. The van der Waals surface area contributed by atoms with Gasteiger partial charge in [-0.25, -0.2) is 8.42 Å². The summed E-state index contributed by atoms with van der Waals surface area (Å²) in [4.78, 5) is 28.7. The van der Waals surface area contributed by atoms with Crippen LogP contribution in [0.15, 0.2) is 77.7 Å². The van der Waals surface area contributed by atoms with Crippen LogP contribution in [0.4, 0.5) is 5.69 Å². The number of amides is 2. The Hall–Kier alpha value is -3.36. The van der Waals surface area contributed by atoms with Crippen LogP contribution in [0.1, 0.15) is 63.6 Å². The van der Waals surface area contributed by atoms with Gasteiger partial charge in [-0.3, -0.25) is 13.9 Å². The van der Waals surface area contributed by atoms with Crippen molar-refractivity contribution in [2.45, 2.75) is 77.4 Å². The van der Waals surface area contributed by atoms with E-state index in [-0.39, 0.29) is 29.3 Å². The number of anilines is 1. The minimum atomic E-state index is -4.12. The zero-order valence-corrected chi connectivity index (χ0v) is 26.2. The summed E-state index contributed by atoms with van der Waals surface area (Å²) in [5.41, 5.74) is 2.97. The Morgan fingerprint density at radius 3 is 2.07 bits per heavy atom. The third-order valence-electron chi connectivity index (χ3n) is 7.20. The lowest BCUT2D eigenvalue weighted by Crippen LogP contribution is -2.52. The largest absolute Gasteiger partial charge is 0.352 e. The highest BCUT2D eigenvalue weighted by Gasteiger charge is 2.33. The standard InChI is InChI=1S/C32H40ClN3O4S/c1-7-24(5)34-32(38)25(6)35(20-27-10-8-9-11-30(27)33)31(37)21-36(28-16-14-26(15-17-28)22(2)3)41(39,40)29-18-12-23(4)13-19-29/h8-19,22,24-25H,7,20-21H2,1-6H3,(H,34,38)/t24-,25-/m1/s1. The van der Waals surface area contributed by atoms with Gasteiger partial charge in [0.05, 0.1) is 10.6 Å². The molecular formula is C32H40ClN3O4S. The first-order valence-corrected chi connectivity index (χ1v) is 15.7. The van der Waals surface area contributed by atoms with Crippen LogP contribution in [0.3, 0.4) is 0 Å². The Balaban J connectivity index is 2.05. The van der Waals surface area contributed by atoms with Gasteiger partial charge in [0, 0.05) is 17.6 Å². The fourth-order valence-electron chi connectivity index (χ4n) is 4.25. The van der Waals surface area contributed by atoms with E-state index in [4.69, 9.17) is 11.6 Å². The molecule has 0 heterocycles. The van der Waals surface area contributed by atoms with Gasteiger partial charge >= 0.3 is 0 Å². The molecule has 0 radical (unpaired) electrons. The second kappa shape index (κ2) is 14.0. The Morgan fingerprint density at radius 2 is 1.51 bits per heavy atom. The molecule has 0 aliphatic rings. The number of rotatable bonds is 12. The molecule has 1 N–H and O–H groups in total. The van der Waals surface area contributed by atoms with Gasteiger partial charge in [-0.05, 0) is 74.6 Å². The average molecular weight is 598 g/mol. The van der Waals surface area contributed by atoms with Gasteiger partial charge < -0.3 is 10.2 Å². The molecule has 220 valence electrons. The number of halogens is 1. The number of carbonyl (C=O) groups excluding carboxylic acids is 2. The zero-order valence-electron chi connectivity index (χ0n) is 24.6. The molecule has 0 unspecified atom stereocenters. The van der Waals surface area contributed by atoms with Gasteiger partial charge in [0.1, 0.15) is 12.6 Å². The molecule has 0 fully saturated rings. The fraction of sp³-hybridized carbons (Fsp3) is 0.375. The van der Waals surface area contributed by atoms with Gasteiger partial charge in [0.2, 0.25) is 11.8 Å². The van der Waals surface area contributed by atoms with Crippen molar-refractivity contribution in [3.63, 3.8) is 0 Å². The van der Waals surface area contributed by atoms with Gasteiger partial charge in [0.15, 0.2) is 0 Å². The number of hydrogen-bond donors (Lipinski definition) is 1. The van der Waals surface area contributed by atoms with Crippen LogP contribution in [0.5, 0.6) is 0 Å². The Kier molecular flexibility index (Phi) is 11.0. The molecule has 0 aromatic heterocycles. The van der Waals surface area contributed by atoms with Crippen molar-refractivity contribution in [3.8, 4) is 0 Å². The van der Waals surface area contributed by atoms with Crippen LogP contribution >= 0.6 is 11.6 Å². The molecule has 3 aromatic rings. The topological polar surface area (TPSA) is 86.8 Å². The monoisotopic (exact) mass is 597 g/mol. The molecule has 3 rings (SSSR count). The highest BCUT2D eigenvalue weighted by atomic mass is 35.5. The summed E-state index contributed by atoms with van der Waals surface area (Å²) in [6, 6.07) is 19.8. The first-order valence-electron chi connectivity index (χ1n) is 13.9. The van der Waals surface area contributed by atoms with Crippen molar-refractivity contribution in [1.82, 2.24) is 10.2 Å². The molecule has 0 saturated carbocycles. The number of benzene rings is 3. The molecule has 41 heavy (non-hydrogen) atoms. The van der Waals surface area contributed by atoms with E-state index < -0.39 is 28.5 Å². The normalized spacial score (nSPS) is 13.0. The summed E-state index contributed by atoms with van der Waals surface area (Å²) in [5, 5.41) is 3.38. The fourth-order valence-corrected chi connectivity index (χ4v) is 5.86. The molecule has 7 nitrogen and oxygen atoms in total. The minimum Gasteiger partial charge on any atom is -0.352 e. The number of nitrogens with zero attached hydrogens (tertiary/aromatic N) is 2. The van der Waals surface area contributed by atoms with Crippen LogP contribution in [-0.2, 0) is 26.2 Å². The van der Waals surface area contributed by atoms with Crippen molar-refractivity contribution in [1.29, 1.82) is 0 Å². The summed E-state index contributed by atoms with van der Waals surface area (Å²) in [6.45, 7) is 11.0. The van der Waals surface area contributed by atoms with Crippen molar-refractivity contribution in [3.05, 3.63) is 94.5 Å². The summed E-state index contributed by atoms with van der Waals surface area (Å²) < 4.78 is 29.1. The van der Waals surface area contributed by atoms with Gasteiger partial charge in [-0.1, -0.05) is 80.4 Å². The number of aryl methyl sites for hydroxylation is 1. The maximum absolute atomic E-state index is 14.0. The number of sulfonamides is 1. The average Bonchev–Trinajstić information content (AvgIpc) is 2.95. The smallest absolute Gasteiger partial charge is 0.264 e. The SMILES string of the molecule is CC[C@@H](C)NC(=O)[C@@H](C)N(Cc1ccccc1Cl)C(=O)CN(c1ccc(C(C)C)cc1)S(=O)(=O)c1ccc(C)cc1. The highest BCUT2D eigenvalue weighted by Crippen LogP contribution is 2.27. The molecule has 0 saturated heterocycles. The predicted molar refractivity (Wildman–Crippen MR) is 166 cm³/mol. The molecular weight excluding hydrogens is 558 g/mol. The lowest BCUT2D eigenvalue weighted by Gasteiger charge is -2.32. The quantitative estimate of drug-likeness (QED) is 0.265. The van der Waals surface area contributed by atoms with Crippen LogP contribution < -0.4 is 9.62 Å². The third-order valence-corrected chi connectivity index (χ3v) is 9.36. The number of nitrogens with one attached hydrogen (secondary N) is 1. The molecule has 0 spiro atoms. The van der Waals surface area contributed by atoms with E-state index >= 15 is 0 Å². The van der Waals surface area contributed by atoms with E-state index in [9.17, 15) is 18.0 Å². The lowest BCUT2D eigenvalue weighted by molar-refractivity contribution is -0.139. The maximum atomic E-state index is 14.0. The number of carbonyl (C=O) groups is 2. The van der Waals surface area contributed by atoms with E-state index in [0.29, 0.717) is 16.3 Å². The van der Waals surface area contributed by atoms with Crippen molar-refractivity contribution in [2.75, 3.05) is 10.8 Å². The Bertz CT molecular complexity index is 1440. The second-order valence-electron chi connectivity index (χ2n) is 10.7. The molecule has 2 amide bonds. The van der Waals surface area contributed by atoms with Crippen molar-refractivity contribution in [2.24, 2.45) is 0 Å². The van der Waals surface area contributed by atoms with Crippen molar-refractivity contribution >= 4 is 39.1 Å². The third kappa shape index (κ3) is 8.11. The summed E-state index contributed by atoms with van der Waals surface area (Å²) in [7, 11) is -4.12. The molecule has 0 aliphatic carbocycles. The van der Waals surface area contributed by atoms with Gasteiger partial charge in [-0.2, -0.15) is 0 Å². The highest BCUT2D eigenvalue weighted by molar-refractivity contribution is 7.92. The van der Waals surface area contributed by atoms with E-state index in [0.717, 1.165) is 21.9 Å². The lowest BCUT2D eigenvalue weighted by atomic mass is 10.0. The molecule has 3 aromatic carbocycles. The van der Waals surface area contributed by atoms with E-state index in [1.807, 2.05) is 32.9 Å².